The van der Waals surface area contributed by atoms with E-state index in [0.717, 1.165) is 22.3 Å². The van der Waals surface area contributed by atoms with Crippen molar-refractivity contribution in [3.63, 3.8) is 0 Å². The highest BCUT2D eigenvalue weighted by molar-refractivity contribution is 6.05. The van der Waals surface area contributed by atoms with Crippen LogP contribution in [0.3, 0.4) is 0 Å². The van der Waals surface area contributed by atoms with Gasteiger partial charge in [0.1, 0.15) is 5.69 Å². The number of rotatable bonds is 8. The van der Waals surface area contributed by atoms with Gasteiger partial charge in [0, 0.05) is 54.9 Å². The Morgan fingerprint density at radius 1 is 0.929 bits per heavy atom. The Bertz CT molecular complexity index is 1650. The molecule has 3 N–H and O–H groups in total. The molecule has 1 aromatic heterocycles. The maximum atomic E-state index is 13.1. The van der Waals surface area contributed by atoms with Crippen LogP contribution in [0.25, 0.3) is 11.1 Å². The number of aromatic nitrogens is 1. The van der Waals surface area contributed by atoms with Crippen LogP contribution in [0.5, 0.6) is 0 Å². The van der Waals surface area contributed by atoms with Crippen LogP contribution >= 0.6 is 0 Å². The first-order valence-corrected chi connectivity index (χ1v) is 13.8. The zero-order chi connectivity index (χ0) is 30.6. The summed E-state index contributed by atoms with van der Waals surface area (Å²) in [6, 6.07) is 22.0. The smallest absolute Gasteiger partial charge is 0.274 e. The highest BCUT2D eigenvalue weighted by Gasteiger charge is 2.16. The highest BCUT2D eigenvalue weighted by Crippen LogP contribution is 2.30. The first-order valence-electron chi connectivity index (χ1n) is 13.8. The number of anilines is 3. The van der Waals surface area contributed by atoms with Gasteiger partial charge in [0.05, 0.1) is 6.61 Å². The topological polar surface area (TPSA) is 104 Å². The van der Waals surface area contributed by atoms with Crippen LogP contribution in [-0.2, 0) is 12.5 Å². The normalized spacial score (nSPS) is 11.2. The number of benzene rings is 3. The molecule has 1 heterocycles. The Labute approximate surface area is 246 Å². The lowest BCUT2D eigenvalue weighted by molar-refractivity contribution is 0.0767. The number of hydrogen-bond acceptors (Lipinski definition) is 5. The molecule has 42 heavy (non-hydrogen) atoms. The van der Waals surface area contributed by atoms with Crippen molar-refractivity contribution in [3.8, 4) is 11.1 Å². The number of aliphatic hydroxyl groups excluding tert-OH is 1. The van der Waals surface area contributed by atoms with Crippen LogP contribution in [0, 0.1) is 6.92 Å². The van der Waals surface area contributed by atoms with Crippen molar-refractivity contribution >= 4 is 28.9 Å². The number of carbonyl (C=O) groups excluding carboxylic acids is 2. The quantitative estimate of drug-likeness (QED) is 0.253. The molecule has 0 saturated heterocycles. The van der Waals surface area contributed by atoms with Gasteiger partial charge in [-0.15, -0.1) is 0 Å². The molecule has 0 spiro atoms. The van der Waals surface area contributed by atoms with Crippen molar-refractivity contribution < 1.29 is 14.7 Å². The molecule has 0 saturated carbocycles. The van der Waals surface area contributed by atoms with Gasteiger partial charge in [-0.1, -0.05) is 45.0 Å². The molecule has 0 unspecified atom stereocenters. The van der Waals surface area contributed by atoms with E-state index >= 15 is 0 Å². The first kappa shape index (κ1) is 30.3. The fourth-order valence-corrected chi connectivity index (χ4v) is 4.67. The molecule has 3 aromatic carbocycles. The van der Waals surface area contributed by atoms with Gasteiger partial charge in [0.2, 0.25) is 0 Å². The van der Waals surface area contributed by atoms with Crippen molar-refractivity contribution in [2.24, 2.45) is 7.05 Å². The van der Waals surface area contributed by atoms with E-state index in [1.807, 2.05) is 49.4 Å². The van der Waals surface area contributed by atoms with Gasteiger partial charge in [-0.05, 0) is 77.6 Å². The van der Waals surface area contributed by atoms with Gasteiger partial charge in [-0.3, -0.25) is 14.4 Å². The molecule has 8 nitrogen and oxygen atoms in total. The number of aryl methyl sites for hydroxylation is 1. The molecule has 4 aromatic rings. The van der Waals surface area contributed by atoms with Crippen molar-refractivity contribution in [2.75, 3.05) is 30.8 Å². The van der Waals surface area contributed by atoms with Gasteiger partial charge >= 0.3 is 0 Å². The summed E-state index contributed by atoms with van der Waals surface area (Å²) in [5.74, 6) is -0.388. The van der Waals surface area contributed by atoms with Gasteiger partial charge in [-0.25, -0.2) is 0 Å². The van der Waals surface area contributed by atoms with Gasteiger partial charge in [-0.2, -0.15) is 0 Å². The predicted octanol–water partition coefficient (Wildman–Crippen LogP) is 5.72. The minimum atomic E-state index is -0.206. The summed E-state index contributed by atoms with van der Waals surface area (Å²) in [7, 11) is 3.32. The van der Waals surface area contributed by atoms with Crippen LogP contribution in [0.4, 0.5) is 17.1 Å². The number of nitrogens with zero attached hydrogens (tertiary/aromatic N) is 2. The summed E-state index contributed by atoms with van der Waals surface area (Å²) < 4.78 is 1.51. The SMILES string of the molecule is Cc1c(NC(=O)c2ccc(C(C)(C)C)cc2)cccc1-c1cc(Nc2ccc(C(=O)N(C)CCO)cc2)c(=O)n(C)c1. The third-order valence-electron chi connectivity index (χ3n) is 7.28. The predicted molar refractivity (Wildman–Crippen MR) is 169 cm³/mol. The third-order valence-corrected chi connectivity index (χ3v) is 7.28. The van der Waals surface area contributed by atoms with E-state index in [-0.39, 0.29) is 35.9 Å². The zero-order valence-electron chi connectivity index (χ0n) is 25.0. The zero-order valence-corrected chi connectivity index (χ0v) is 25.0. The van der Waals surface area contributed by atoms with Gasteiger partial charge < -0.3 is 25.2 Å². The summed E-state index contributed by atoms with van der Waals surface area (Å²) in [6.45, 7) is 8.48. The van der Waals surface area contributed by atoms with E-state index in [9.17, 15) is 14.4 Å². The van der Waals surface area contributed by atoms with Crippen LogP contribution in [-0.4, -0.2) is 46.6 Å². The lowest BCUT2D eigenvalue weighted by atomic mass is 9.86. The molecule has 0 aliphatic heterocycles. The molecule has 0 aliphatic rings. The Hall–Kier alpha value is -4.69. The maximum absolute atomic E-state index is 13.1. The lowest BCUT2D eigenvalue weighted by Crippen LogP contribution is -2.29. The summed E-state index contributed by atoms with van der Waals surface area (Å²) in [5, 5.41) is 15.3. The summed E-state index contributed by atoms with van der Waals surface area (Å²) >= 11 is 0. The van der Waals surface area contributed by atoms with Crippen LogP contribution < -0.4 is 16.2 Å². The number of likely N-dealkylation sites (N-methyl/N-ethyl adjacent to an activating group) is 1. The number of nitrogens with one attached hydrogen (secondary N) is 2. The number of pyridine rings is 1. The van der Waals surface area contributed by atoms with E-state index in [1.54, 1.807) is 50.6 Å². The minimum Gasteiger partial charge on any atom is -0.395 e. The highest BCUT2D eigenvalue weighted by atomic mass is 16.3. The second-order valence-corrected chi connectivity index (χ2v) is 11.5. The molecule has 8 heteroatoms. The fourth-order valence-electron chi connectivity index (χ4n) is 4.67. The Morgan fingerprint density at radius 3 is 2.19 bits per heavy atom. The standard InChI is InChI=1S/C34H38N4O4/c1-22-28(8-7-9-29(22)36-31(40)23-10-14-26(15-11-23)34(2,3)4)25-20-30(33(42)38(6)21-25)35-27-16-12-24(13-17-27)32(41)37(5)18-19-39/h7-17,20-21,35,39H,18-19H2,1-6H3,(H,36,40). The Kier molecular flexibility index (Phi) is 8.97. The molecule has 218 valence electrons. The average molecular weight is 567 g/mol. The Morgan fingerprint density at radius 2 is 1.57 bits per heavy atom. The van der Waals surface area contributed by atoms with Crippen molar-refractivity contribution in [1.82, 2.24) is 9.47 Å². The molecule has 0 atom stereocenters. The third kappa shape index (κ3) is 6.78. The van der Waals surface area contributed by atoms with Crippen molar-refractivity contribution in [2.45, 2.75) is 33.1 Å². The number of aliphatic hydroxyl groups is 1. The molecule has 4 rings (SSSR count). The first-order chi connectivity index (χ1) is 19.9. The van der Waals surface area contributed by atoms with Crippen molar-refractivity contribution in [1.29, 1.82) is 0 Å². The van der Waals surface area contributed by atoms with Crippen LogP contribution in [0.1, 0.15) is 52.6 Å². The van der Waals surface area contributed by atoms with E-state index in [1.165, 1.54) is 9.47 Å². The molecule has 0 bridgehead atoms. The molecule has 2 amide bonds. The van der Waals surface area contributed by atoms with Gasteiger partial charge in [0.15, 0.2) is 0 Å². The fraction of sp³-hybridized carbons (Fsp3) is 0.265. The maximum Gasteiger partial charge on any atom is 0.274 e. The minimum absolute atomic E-state index is 0.00354. The molecular formula is C34H38N4O4. The molecular weight excluding hydrogens is 528 g/mol. The summed E-state index contributed by atoms with van der Waals surface area (Å²) in [4.78, 5) is 40.0. The van der Waals surface area contributed by atoms with Gasteiger partial charge in [0.25, 0.3) is 17.4 Å². The van der Waals surface area contributed by atoms with E-state index < -0.39 is 0 Å². The Balaban J connectivity index is 1.57. The van der Waals surface area contributed by atoms with E-state index in [0.29, 0.717) is 28.2 Å². The monoisotopic (exact) mass is 566 g/mol. The average Bonchev–Trinajstić information content (AvgIpc) is 2.96. The molecule has 0 fully saturated rings. The summed E-state index contributed by atoms with van der Waals surface area (Å²) in [6.07, 6.45) is 1.77. The van der Waals surface area contributed by atoms with Crippen molar-refractivity contribution in [3.05, 3.63) is 112 Å². The molecule has 0 radical (unpaired) electrons. The number of carbonyl (C=O) groups is 2. The van der Waals surface area contributed by atoms with E-state index in [2.05, 4.69) is 31.4 Å². The largest absolute Gasteiger partial charge is 0.395 e. The summed E-state index contributed by atoms with van der Waals surface area (Å²) in [5.41, 5.74) is 6.29. The lowest BCUT2D eigenvalue weighted by Gasteiger charge is -2.19. The van der Waals surface area contributed by atoms with E-state index in [4.69, 9.17) is 5.11 Å². The molecule has 0 aliphatic carbocycles. The number of hydrogen-bond donors (Lipinski definition) is 3. The van der Waals surface area contributed by atoms with Crippen LogP contribution in [0.15, 0.2) is 83.8 Å². The second kappa shape index (κ2) is 12.4. The number of amides is 2. The van der Waals surface area contributed by atoms with Crippen LogP contribution in [0.2, 0.25) is 0 Å². The second-order valence-electron chi connectivity index (χ2n) is 11.5.